The van der Waals surface area contributed by atoms with Crippen molar-refractivity contribution in [1.29, 1.82) is 0 Å². The summed E-state index contributed by atoms with van der Waals surface area (Å²) in [5.74, 6) is 1.43. The second kappa shape index (κ2) is 5.66. The van der Waals surface area contributed by atoms with Crippen molar-refractivity contribution in [3.8, 4) is 0 Å². The Morgan fingerprint density at radius 2 is 2.33 bits per heavy atom. The summed E-state index contributed by atoms with van der Waals surface area (Å²) in [6.45, 7) is 5.50. The molecule has 1 N–H and O–H groups in total. The summed E-state index contributed by atoms with van der Waals surface area (Å²) in [6, 6.07) is 3.80. The Balaban J connectivity index is 2.48. The monoisotopic (exact) mass is 226 g/mol. The summed E-state index contributed by atoms with van der Waals surface area (Å²) in [6.07, 6.45) is 2.28. The van der Waals surface area contributed by atoms with Crippen LogP contribution in [-0.4, -0.2) is 16.3 Å². The summed E-state index contributed by atoms with van der Waals surface area (Å²) in [5.41, 5.74) is 0. The van der Waals surface area contributed by atoms with E-state index in [1.807, 2.05) is 19.1 Å². The molecule has 0 aliphatic heterocycles. The van der Waals surface area contributed by atoms with Gasteiger partial charge in [-0.15, -0.1) is 18.3 Å². The van der Waals surface area contributed by atoms with Gasteiger partial charge in [-0.2, -0.15) is 0 Å². The van der Waals surface area contributed by atoms with Crippen molar-refractivity contribution in [2.45, 2.75) is 24.3 Å². The van der Waals surface area contributed by atoms with Crippen molar-refractivity contribution in [3.05, 3.63) is 36.3 Å². The molecule has 0 radical (unpaired) electrons. The van der Waals surface area contributed by atoms with Crippen LogP contribution >= 0.6 is 11.8 Å². The van der Waals surface area contributed by atoms with Gasteiger partial charge in [0.25, 0.3) is 0 Å². The number of carbonyl (C=O) groups is 1. The summed E-state index contributed by atoms with van der Waals surface area (Å²) >= 11 is 1.30. The number of rotatable bonds is 6. The number of furan rings is 1. The molecule has 0 aliphatic carbocycles. The van der Waals surface area contributed by atoms with Crippen molar-refractivity contribution in [2.75, 3.05) is 0 Å². The van der Waals surface area contributed by atoms with Crippen LogP contribution < -0.4 is 0 Å². The van der Waals surface area contributed by atoms with Gasteiger partial charge in [-0.25, -0.2) is 0 Å². The predicted octanol–water partition coefficient (Wildman–Crippen LogP) is 2.71. The molecule has 0 aliphatic rings. The van der Waals surface area contributed by atoms with Crippen LogP contribution in [0.4, 0.5) is 0 Å². The van der Waals surface area contributed by atoms with Crippen LogP contribution in [0.3, 0.4) is 0 Å². The van der Waals surface area contributed by atoms with Crippen molar-refractivity contribution < 1.29 is 14.3 Å². The van der Waals surface area contributed by atoms with Gasteiger partial charge in [-0.3, -0.25) is 4.79 Å². The molecular weight excluding hydrogens is 212 g/mol. The van der Waals surface area contributed by atoms with Crippen LogP contribution in [0, 0.1) is 0 Å². The summed E-state index contributed by atoms with van der Waals surface area (Å²) in [4.78, 5) is 10.7. The molecule has 0 saturated carbocycles. The van der Waals surface area contributed by atoms with E-state index in [1.165, 1.54) is 17.8 Å². The van der Waals surface area contributed by atoms with Crippen molar-refractivity contribution >= 4 is 17.7 Å². The summed E-state index contributed by atoms with van der Waals surface area (Å²) in [7, 11) is 0. The lowest BCUT2D eigenvalue weighted by Gasteiger charge is -2.04. The molecule has 1 aromatic heterocycles. The molecule has 1 heterocycles. The zero-order valence-corrected chi connectivity index (χ0v) is 9.42. The van der Waals surface area contributed by atoms with E-state index in [9.17, 15) is 4.79 Å². The van der Waals surface area contributed by atoms with Gasteiger partial charge in [0.15, 0.2) is 0 Å². The van der Waals surface area contributed by atoms with E-state index in [1.54, 1.807) is 0 Å². The molecular formula is C11H14O3S. The summed E-state index contributed by atoms with van der Waals surface area (Å²) < 4.78 is 5.46. The standard InChI is InChI=1S/C11H14O3S/c1-3-8-5-6-9(14-8)7-15-10(4-2)11(12)13/h4-6,10H,2-3,7H2,1H3,(H,12,13). The van der Waals surface area contributed by atoms with E-state index in [0.717, 1.165) is 17.9 Å². The molecule has 1 aromatic rings. The summed E-state index contributed by atoms with van der Waals surface area (Å²) in [5, 5.41) is 8.21. The number of aliphatic carboxylic acids is 1. The quantitative estimate of drug-likeness (QED) is 0.758. The lowest BCUT2D eigenvalue weighted by Crippen LogP contribution is -2.12. The first kappa shape index (κ1) is 11.9. The first-order chi connectivity index (χ1) is 7.17. The smallest absolute Gasteiger partial charge is 0.320 e. The molecule has 1 atom stereocenters. The zero-order valence-electron chi connectivity index (χ0n) is 8.60. The molecule has 0 amide bonds. The highest BCUT2D eigenvalue weighted by molar-refractivity contribution is 8.00. The SMILES string of the molecule is C=CC(SCc1ccc(CC)o1)C(=O)O. The molecule has 1 unspecified atom stereocenters. The minimum absolute atomic E-state index is 0.559. The maximum atomic E-state index is 10.7. The molecule has 82 valence electrons. The molecule has 1 rings (SSSR count). The molecule has 0 bridgehead atoms. The lowest BCUT2D eigenvalue weighted by atomic mass is 10.4. The minimum atomic E-state index is -0.864. The average molecular weight is 226 g/mol. The zero-order chi connectivity index (χ0) is 11.3. The number of carboxylic acids is 1. The second-order valence-electron chi connectivity index (χ2n) is 3.03. The van der Waals surface area contributed by atoms with Crippen LogP contribution in [-0.2, 0) is 17.0 Å². The van der Waals surface area contributed by atoms with Gasteiger partial charge in [0.2, 0.25) is 0 Å². The third kappa shape index (κ3) is 3.47. The third-order valence-electron chi connectivity index (χ3n) is 1.93. The Labute approximate surface area is 93.2 Å². The van der Waals surface area contributed by atoms with Crippen molar-refractivity contribution in [3.63, 3.8) is 0 Å². The maximum absolute atomic E-state index is 10.7. The van der Waals surface area contributed by atoms with Crippen molar-refractivity contribution in [2.24, 2.45) is 0 Å². The Morgan fingerprint density at radius 3 is 2.80 bits per heavy atom. The topological polar surface area (TPSA) is 50.4 Å². The van der Waals surface area contributed by atoms with Gasteiger partial charge >= 0.3 is 5.97 Å². The van der Waals surface area contributed by atoms with Crippen LogP contribution in [0.1, 0.15) is 18.4 Å². The van der Waals surface area contributed by atoms with Crippen LogP contribution in [0.25, 0.3) is 0 Å². The van der Waals surface area contributed by atoms with Gasteiger partial charge < -0.3 is 9.52 Å². The Hall–Kier alpha value is -1.16. The van der Waals surface area contributed by atoms with E-state index < -0.39 is 11.2 Å². The molecule has 0 saturated heterocycles. The van der Waals surface area contributed by atoms with E-state index in [4.69, 9.17) is 9.52 Å². The van der Waals surface area contributed by atoms with E-state index in [-0.39, 0.29) is 0 Å². The Bertz CT molecular complexity index is 343. The highest BCUT2D eigenvalue weighted by Gasteiger charge is 2.14. The first-order valence-electron chi connectivity index (χ1n) is 4.72. The number of hydrogen-bond acceptors (Lipinski definition) is 3. The molecule has 4 heteroatoms. The molecule has 0 spiro atoms. The number of hydrogen-bond donors (Lipinski definition) is 1. The average Bonchev–Trinajstić information content (AvgIpc) is 2.66. The molecule has 15 heavy (non-hydrogen) atoms. The van der Waals surface area contributed by atoms with Gasteiger partial charge in [-0.1, -0.05) is 13.0 Å². The van der Waals surface area contributed by atoms with Gasteiger partial charge in [0, 0.05) is 6.42 Å². The van der Waals surface area contributed by atoms with E-state index in [2.05, 4.69) is 6.58 Å². The fourth-order valence-corrected chi connectivity index (χ4v) is 1.88. The Morgan fingerprint density at radius 1 is 1.67 bits per heavy atom. The third-order valence-corrected chi connectivity index (χ3v) is 3.13. The minimum Gasteiger partial charge on any atom is -0.480 e. The fraction of sp³-hybridized carbons (Fsp3) is 0.364. The van der Waals surface area contributed by atoms with Crippen LogP contribution in [0.15, 0.2) is 29.2 Å². The molecule has 3 nitrogen and oxygen atoms in total. The highest BCUT2D eigenvalue weighted by Crippen LogP contribution is 2.20. The lowest BCUT2D eigenvalue weighted by molar-refractivity contribution is -0.135. The normalized spacial score (nSPS) is 12.3. The largest absolute Gasteiger partial charge is 0.480 e. The van der Waals surface area contributed by atoms with E-state index >= 15 is 0 Å². The van der Waals surface area contributed by atoms with E-state index in [0.29, 0.717) is 5.75 Å². The van der Waals surface area contributed by atoms with Crippen LogP contribution in [0.2, 0.25) is 0 Å². The highest BCUT2D eigenvalue weighted by atomic mass is 32.2. The van der Waals surface area contributed by atoms with Gasteiger partial charge in [-0.05, 0) is 12.1 Å². The van der Waals surface area contributed by atoms with Crippen molar-refractivity contribution in [1.82, 2.24) is 0 Å². The second-order valence-corrected chi connectivity index (χ2v) is 4.16. The molecule has 0 aromatic carbocycles. The fourth-order valence-electron chi connectivity index (χ4n) is 1.10. The van der Waals surface area contributed by atoms with Crippen LogP contribution in [0.5, 0.6) is 0 Å². The number of aryl methyl sites for hydroxylation is 1. The Kier molecular flexibility index (Phi) is 4.49. The maximum Gasteiger partial charge on any atom is 0.320 e. The molecule has 0 fully saturated rings. The number of thioether (sulfide) groups is 1. The van der Waals surface area contributed by atoms with Gasteiger partial charge in [0.05, 0.1) is 5.75 Å². The van der Waals surface area contributed by atoms with Gasteiger partial charge in [0.1, 0.15) is 16.8 Å². The first-order valence-corrected chi connectivity index (χ1v) is 5.76. The predicted molar refractivity (Wildman–Crippen MR) is 61.0 cm³/mol. The number of carboxylic acid groups (broad SMARTS) is 1.